The number of aromatic nitrogens is 1. The van der Waals surface area contributed by atoms with Crippen molar-refractivity contribution in [2.45, 2.75) is 19.5 Å². The molecule has 0 radical (unpaired) electrons. The van der Waals surface area contributed by atoms with Crippen molar-refractivity contribution in [3.8, 4) is 5.75 Å². The van der Waals surface area contributed by atoms with Gasteiger partial charge in [-0.25, -0.2) is 0 Å². The van der Waals surface area contributed by atoms with Crippen LogP contribution in [0.2, 0.25) is 0 Å². The van der Waals surface area contributed by atoms with E-state index in [9.17, 15) is 9.59 Å². The number of anilines is 1. The molecule has 0 bridgehead atoms. The Labute approximate surface area is 161 Å². The Bertz CT molecular complexity index is 966. The van der Waals surface area contributed by atoms with E-state index in [1.165, 1.54) is 12.3 Å². The van der Waals surface area contributed by atoms with Gasteiger partial charge in [0.25, 0.3) is 5.91 Å². The highest BCUT2D eigenvalue weighted by Gasteiger charge is 2.29. The number of amides is 2. The predicted octanol–water partition coefficient (Wildman–Crippen LogP) is 2.86. The van der Waals surface area contributed by atoms with Gasteiger partial charge in [0.15, 0.2) is 0 Å². The van der Waals surface area contributed by atoms with Crippen molar-refractivity contribution < 1.29 is 23.3 Å². The number of hydrogen-bond acceptors (Lipinski definition) is 6. The van der Waals surface area contributed by atoms with Crippen molar-refractivity contribution in [1.82, 2.24) is 10.1 Å². The van der Waals surface area contributed by atoms with E-state index < -0.39 is 0 Å². The largest absolute Gasteiger partial charge is 0.497 e. The molecule has 2 amide bonds. The van der Waals surface area contributed by atoms with Crippen LogP contribution in [0.1, 0.15) is 28.3 Å². The van der Waals surface area contributed by atoms with Gasteiger partial charge < -0.3 is 23.5 Å². The molecule has 28 heavy (non-hydrogen) atoms. The van der Waals surface area contributed by atoms with Crippen LogP contribution in [0.5, 0.6) is 5.75 Å². The van der Waals surface area contributed by atoms with Crippen LogP contribution < -0.4 is 9.64 Å². The molecule has 0 saturated heterocycles. The van der Waals surface area contributed by atoms with Gasteiger partial charge in [0.05, 0.1) is 26.1 Å². The molecule has 4 rings (SSSR count). The Morgan fingerprint density at radius 3 is 2.89 bits per heavy atom. The van der Waals surface area contributed by atoms with Gasteiger partial charge in [-0.3, -0.25) is 9.59 Å². The number of rotatable bonds is 4. The summed E-state index contributed by atoms with van der Waals surface area (Å²) in [5.41, 5.74) is 1.51. The summed E-state index contributed by atoms with van der Waals surface area (Å²) in [6.45, 7) is 0.914. The third kappa shape index (κ3) is 3.48. The molecule has 0 fully saturated rings. The van der Waals surface area contributed by atoms with Gasteiger partial charge in [0, 0.05) is 31.3 Å². The predicted molar refractivity (Wildman–Crippen MR) is 98.8 cm³/mol. The second kappa shape index (κ2) is 7.59. The number of nitrogens with zero attached hydrogens (tertiary/aromatic N) is 3. The van der Waals surface area contributed by atoms with Gasteiger partial charge in [0.2, 0.25) is 11.7 Å². The minimum atomic E-state index is -0.337. The first-order valence-corrected chi connectivity index (χ1v) is 8.85. The minimum absolute atomic E-state index is 0.0692. The molecule has 0 spiro atoms. The van der Waals surface area contributed by atoms with E-state index in [-0.39, 0.29) is 30.5 Å². The molecular formula is C20H19N3O5. The number of furan rings is 1. The first kappa shape index (κ1) is 17.8. The number of ether oxygens (including phenoxy) is 1. The molecule has 3 aromatic rings. The average Bonchev–Trinajstić information content (AvgIpc) is 3.41. The second-order valence-corrected chi connectivity index (χ2v) is 6.41. The van der Waals surface area contributed by atoms with Crippen LogP contribution in [0.15, 0.2) is 57.8 Å². The van der Waals surface area contributed by atoms with Crippen molar-refractivity contribution in [2.75, 3.05) is 18.6 Å². The highest BCUT2D eigenvalue weighted by atomic mass is 16.5. The van der Waals surface area contributed by atoms with Crippen LogP contribution in [0.3, 0.4) is 0 Å². The molecule has 0 unspecified atom stereocenters. The van der Waals surface area contributed by atoms with Crippen LogP contribution in [0, 0.1) is 0 Å². The van der Waals surface area contributed by atoms with Crippen molar-refractivity contribution in [3.05, 3.63) is 65.9 Å². The Kier molecular flexibility index (Phi) is 4.84. The molecule has 3 heterocycles. The lowest BCUT2D eigenvalue weighted by molar-refractivity contribution is -0.132. The fraction of sp³-hybridized carbons (Fsp3) is 0.250. The molecule has 1 aliphatic heterocycles. The van der Waals surface area contributed by atoms with Crippen LogP contribution in [-0.4, -0.2) is 35.5 Å². The van der Waals surface area contributed by atoms with Crippen molar-refractivity contribution >= 4 is 17.5 Å². The average molecular weight is 381 g/mol. The fourth-order valence-corrected chi connectivity index (χ4v) is 3.26. The van der Waals surface area contributed by atoms with E-state index in [1.54, 1.807) is 35.3 Å². The van der Waals surface area contributed by atoms with Crippen LogP contribution in [0.4, 0.5) is 5.69 Å². The van der Waals surface area contributed by atoms with Gasteiger partial charge in [-0.15, -0.1) is 0 Å². The van der Waals surface area contributed by atoms with E-state index in [4.69, 9.17) is 13.7 Å². The first-order chi connectivity index (χ1) is 13.7. The summed E-state index contributed by atoms with van der Waals surface area (Å²) >= 11 is 0. The molecule has 144 valence electrons. The lowest BCUT2D eigenvalue weighted by atomic mass is 10.1. The maximum Gasteiger partial charge on any atom is 0.296 e. The van der Waals surface area contributed by atoms with E-state index in [2.05, 4.69) is 5.16 Å². The first-order valence-electron chi connectivity index (χ1n) is 8.85. The summed E-state index contributed by atoms with van der Waals surface area (Å²) in [6.07, 6.45) is 3.19. The zero-order chi connectivity index (χ0) is 19.5. The standard InChI is InChI=1S/C20H19N3O5/c1-26-15-4-5-17-14(11-15)12-22(13-16-3-2-10-27-16)19(24)7-9-23(17)20(25)18-6-8-21-28-18/h2-6,8,10-11H,7,9,12-13H2,1H3. The summed E-state index contributed by atoms with van der Waals surface area (Å²) in [7, 11) is 1.58. The smallest absolute Gasteiger partial charge is 0.296 e. The van der Waals surface area contributed by atoms with Crippen LogP contribution in [0.25, 0.3) is 0 Å². The topological polar surface area (TPSA) is 89.0 Å². The minimum Gasteiger partial charge on any atom is -0.497 e. The molecule has 8 heteroatoms. The fourth-order valence-electron chi connectivity index (χ4n) is 3.26. The zero-order valence-electron chi connectivity index (χ0n) is 15.3. The highest BCUT2D eigenvalue weighted by molar-refractivity contribution is 6.05. The lowest BCUT2D eigenvalue weighted by Crippen LogP contribution is -2.40. The second-order valence-electron chi connectivity index (χ2n) is 6.41. The zero-order valence-corrected chi connectivity index (χ0v) is 15.3. The SMILES string of the molecule is COc1ccc2c(c1)CN(Cc1ccco1)C(=O)CCN2C(=O)c1ccno1. The molecule has 0 N–H and O–H groups in total. The number of benzene rings is 1. The molecule has 0 saturated carbocycles. The Balaban J connectivity index is 1.71. The van der Waals surface area contributed by atoms with Gasteiger partial charge in [-0.1, -0.05) is 5.16 Å². The molecule has 1 aliphatic rings. The van der Waals surface area contributed by atoms with Crippen molar-refractivity contribution in [1.29, 1.82) is 0 Å². The number of fused-ring (bicyclic) bond motifs is 1. The third-order valence-electron chi connectivity index (χ3n) is 4.66. The summed E-state index contributed by atoms with van der Waals surface area (Å²) in [4.78, 5) is 29.0. The molecule has 8 nitrogen and oxygen atoms in total. The van der Waals surface area contributed by atoms with Gasteiger partial charge in [-0.2, -0.15) is 0 Å². The van der Waals surface area contributed by atoms with E-state index in [0.717, 1.165) is 5.56 Å². The summed E-state index contributed by atoms with van der Waals surface area (Å²) in [6, 6.07) is 10.6. The van der Waals surface area contributed by atoms with E-state index in [0.29, 0.717) is 30.3 Å². The molecule has 2 aromatic heterocycles. The van der Waals surface area contributed by atoms with Gasteiger partial charge in [-0.05, 0) is 35.9 Å². The molecule has 0 aliphatic carbocycles. The Morgan fingerprint density at radius 1 is 1.29 bits per heavy atom. The number of carbonyl (C=O) groups is 2. The molecule has 1 aromatic carbocycles. The number of hydrogen-bond donors (Lipinski definition) is 0. The maximum atomic E-state index is 12.9. The molecule has 0 atom stereocenters. The van der Waals surface area contributed by atoms with E-state index >= 15 is 0 Å². The quantitative estimate of drug-likeness (QED) is 0.690. The monoisotopic (exact) mass is 381 g/mol. The summed E-state index contributed by atoms with van der Waals surface area (Å²) in [5, 5.41) is 3.60. The lowest BCUT2D eigenvalue weighted by Gasteiger charge is -2.31. The Hall–Kier alpha value is -3.55. The van der Waals surface area contributed by atoms with Crippen molar-refractivity contribution in [2.24, 2.45) is 0 Å². The van der Waals surface area contributed by atoms with Crippen molar-refractivity contribution in [3.63, 3.8) is 0 Å². The van der Waals surface area contributed by atoms with Crippen LogP contribution >= 0.6 is 0 Å². The maximum absolute atomic E-state index is 12.9. The summed E-state index contributed by atoms with van der Waals surface area (Å²) in [5.74, 6) is 1.07. The normalized spacial score (nSPS) is 14.4. The van der Waals surface area contributed by atoms with Gasteiger partial charge in [0.1, 0.15) is 11.5 Å². The Morgan fingerprint density at radius 2 is 2.18 bits per heavy atom. The van der Waals surface area contributed by atoms with E-state index in [1.807, 2.05) is 18.2 Å². The van der Waals surface area contributed by atoms with Crippen LogP contribution in [-0.2, 0) is 17.9 Å². The molecular weight excluding hydrogens is 362 g/mol. The highest BCUT2D eigenvalue weighted by Crippen LogP contribution is 2.30. The number of carbonyl (C=O) groups excluding carboxylic acids is 2. The van der Waals surface area contributed by atoms with Gasteiger partial charge >= 0.3 is 0 Å². The summed E-state index contributed by atoms with van der Waals surface area (Å²) < 4.78 is 15.8. The number of methoxy groups -OCH3 is 1. The third-order valence-corrected chi connectivity index (χ3v) is 4.66.